The molecule has 0 radical (unpaired) electrons. The van der Waals surface area contributed by atoms with Gasteiger partial charge < -0.3 is 10.2 Å². The maximum Gasteiger partial charge on any atom is 0.274 e. The molecule has 0 saturated carbocycles. The van der Waals surface area contributed by atoms with Crippen molar-refractivity contribution in [3.63, 3.8) is 0 Å². The van der Waals surface area contributed by atoms with Gasteiger partial charge in [0.2, 0.25) is 5.95 Å². The van der Waals surface area contributed by atoms with Crippen molar-refractivity contribution in [2.45, 2.75) is 12.8 Å². The second-order valence-electron chi connectivity index (χ2n) is 6.09. The average Bonchev–Trinajstić information content (AvgIpc) is 2.69. The smallest absolute Gasteiger partial charge is 0.274 e. The summed E-state index contributed by atoms with van der Waals surface area (Å²) in [6.45, 7) is 0.806. The number of rotatable bonds is 3. The van der Waals surface area contributed by atoms with Gasteiger partial charge in [0.05, 0.1) is 0 Å². The van der Waals surface area contributed by atoms with Gasteiger partial charge in [0.25, 0.3) is 5.91 Å². The van der Waals surface area contributed by atoms with Crippen molar-refractivity contribution in [3.05, 3.63) is 77.9 Å². The highest BCUT2D eigenvalue weighted by molar-refractivity contribution is 6.03. The number of benzene rings is 2. The Morgan fingerprint density at radius 1 is 1.08 bits per heavy atom. The van der Waals surface area contributed by atoms with E-state index in [-0.39, 0.29) is 17.4 Å². The SMILES string of the molecule is O=C(Nc1ccc(F)cc1)c1ccnc(N2CCCc3ccccc32)n1. The van der Waals surface area contributed by atoms with Crippen molar-refractivity contribution in [1.82, 2.24) is 9.97 Å². The van der Waals surface area contributed by atoms with Crippen molar-refractivity contribution in [2.75, 3.05) is 16.8 Å². The summed E-state index contributed by atoms with van der Waals surface area (Å²) >= 11 is 0. The van der Waals surface area contributed by atoms with Crippen molar-refractivity contribution in [3.8, 4) is 0 Å². The van der Waals surface area contributed by atoms with Gasteiger partial charge in [-0.3, -0.25) is 4.79 Å². The Hall–Kier alpha value is -3.28. The zero-order valence-electron chi connectivity index (χ0n) is 14.0. The molecule has 1 N–H and O–H groups in total. The number of para-hydroxylation sites is 1. The van der Waals surface area contributed by atoms with Crippen LogP contribution in [0.15, 0.2) is 60.8 Å². The minimum absolute atomic E-state index is 0.266. The number of halogens is 1. The van der Waals surface area contributed by atoms with Gasteiger partial charge in [0.15, 0.2) is 0 Å². The van der Waals surface area contributed by atoms with E-state index in [9.17, 15) is 9.18 Å². The fourth-order valence-corrected chi connectivity index (χ4v) is 3.07. The molecular formula is C20H17FN4O. The maximum atomic E-state index is 13.0. The average molecular weight is 348 g/mol. The predicted molar refractivity (Wildman–Crippen MR) is 98.2 cm³/mol. The van der Waals surface area contributed by atoms with Crippen LogP contribution < -0.4 is 10.2 Å². The molecule has 1 aliphatic rings. The summed E-state index contributed by atoms with van der Waals surface area (Å²) < 4.78 is 13.0. The van der Waals surface area contributed by atoms with Gasteiger partial charge in [0, 0.05) is 24.1 Å². The first-order valence-corrected chi connectivity index (χ1v) is 8.46. The van der Waals surface area contributed by atoms with E-state index in [1.165, 1.54) is 29.8 Å². The monoisotopic (exact) mass is 348 g/mol. The van der Waals surface area contributed by atoms with Crippen LogP contribution in [0, 0.1) is 5.82 Å². The van der Waals surface area contributed by atoms with Crippen LogP contribution >= 0.6 is 0 Å². The third-order valence-corrected chi connectivity index (χ3v) is 4.33. The van der Waals surface area contributed by atoms with Crippen LogP contribution in [0.4, 0.5) is 21.7 Å². The van der Waals surface area contributed by atoms with E-state index in [1.807, 2.05) is 23.1 Å². The van der Waals surface area contributed by atoms with Crippen LogP contribution in [0.25, 0.3) is 0 Å². The number of aromatic nitrogens is 2. The zero-order valence-corrected chi connectivity index (χ0v) is 14.0. The highest BCUT2D eigenvalue weighted by Crippen LogP contribution is 2.31. The van der Waals surface area contributed by atoms with Gasteiger partial charge in [-0.2, -0.15) is 0 Å². The summed E-state index contributed by atoms with van der Waals surface area (Å²) in [5.41, 5.74) is 3.11. The lowest BCUT2D eigenvalue weighted by molar-refractivity contribution is 0.102. The highest BCUT2D eigenvalue weighted by Gasteiger charge is 2.21. The molecule has 1 aromatic heterocycles. The molecule has 6 heteroatoms. The fourth-order valence-electron chi connectivity index (χ4n) is 3.07. The first-order chi connectivity index (χ1) is 12.7. The number of fused-ring (bicyclic) bond motifs is 1. The maximum absolute atomic E-state index is 13.0. The number of carbonyl (C=O) groups excluding carboxylic acids is 1. The minimum Gasteiger partial charge on any atom is -0.321 e. The van der Waals surface area contributed by atoms with Gasteiger partial charge in [-0.25, -0.2) is 14.4 Å². The highest BCUT2D eigenvalue weighted by atomic mass is 19.1. The third kappa shape index (κ3) is 3.26. The predicted octanol–water partition coefficient (Wildman–Crippen LogP) is 3.95. The molecular weight excluding hydrogens is 331 g/mol. The van der Waals surface area contributed by atoms with Crippen LogP contribution in [0.5, 0.6) is 0 Å². The quantitative estimate of drug-likeness (QED) is 0.779. The number of carbonyl (C=O) groups is 1. The lowest BCUT2D eigenvalue weighted by Crippen LogP contribution is -2.27. The third-order valence-electron chi connectivity index (χ3n) is 4.33. The summed E-state index contributed by atoms with van der Waals surface area (Å²) in [5.74, 6) is -0.203. The molecule has 2 aromatic carbocycles. The number of hydrogen-bond acceptors (Lipinski definition) is 4. The molecule has 26 heavy (non-hydrogen) atoms. The van der Waals surface area contributed by atoms with E-state index in [0.29, 0.717) is 11.6 Å². The zero-order chi connectivity index (χ0) is 17.9. The van der Waals surface area contributed by atoms with E-state index in [4.69, 9.17) is 0 Å². The van der Waals surface area contributed by atoms with E-state index < -0.39 is 0 Å². The summed E-state index contributed by atoms with van der Waals surface area (Å²) in [4.78, 5) is 23.3. The van der Waals surface area contributed by atoms with Crippen molar-refractivity contribution < 1.29 is 9.18 Å². The molecule has 0 fully saturated rings. The molecule has 0 unspecified atom stereocenters. The molecule has 0 atom stereocenters. The second kappa shape index (κ2) is 6.92. The van der Waals surface area contributed by atoms with Gasteiger partial charge in [-0.05, 0) is 54.8 Å². The number of anilines is 3. The van der Waals surface area contributed by atoms with E-state index >= 15 is 0 Å². The minimum atomic E-state index is -0.356. The van der Waals surface area contributed by atoms with E-state index in [1.54, 1.807) is 12.3 Å². The molecule has 0 spiro atoms. The molecule has 5 nitrogen and oxygen atoms in total. The molecule has 4 rings (SSSR count). The van der Waals surface area contributed by atoms with Gasteiger partial charge in [-0.1, -0.05) is 18.2 Å². The van der Waals surface area contributed by atoms with Crippen LogP contribution in [0.3, 0.4) is 0 Å². The molecule has 0 aliphatic carbocycles. The van der Waals surface area contributed by atoms with Crippen molar-refractivity contribution in [1.29, 1.82) is 0 Å². The Morgan fingerprint density at radius 3 is 2.73 bits per heavy atom. The van der Waals surface area contributed by atoms with Gasteiger partial charge in [0.1, 0.15) is 11.5 Å². The molecule has 2 heterocycles. The number of nitrogens with zero attached hydrogens (tertiary/aromatic N) is 3. The Bertz CT molecular complexity index is 943. The van der Waals surface area contributed by atoms with Gasteiger partial charge >= 0.3 is 0 Å². The van der Waals surface area contributed by atoms with Crippen molar-refractivity contribution >= 4 is 23.2 Å². The van der Waals surface area contributed by atoms with Crippen LogP contribution in [0.2, 0.25) is 0 Å². The molecule has 130 valence electrons. The first-order valence-electron chi connectivity index (χ1n) is 8.46. The van der Waals surface area contributed by atoms with Crippen molar-refractivity contribution in [2.24, 2.45) is 0 Å². The summed E-state index contributed by atoms with van der Waals surface area (Å²) in [5, 5.41) is 2.72. The molecule has 0 saturated heterocycles. The molecule has 1 aliphatic heterocycles. The lowest BCUT2D eigenvalue weighted by Gasteiger charge is -2.29. The summed E-state index contributed by atoms with van der Waals surface area (Å²) in [6, 6.07) is 15.3. The summed E-state index contributed by atoms with van der Waals surface area (Å²) in [6.07, 6.45) is 3.61. The molecule has 3 aromatic rings. The second-order valence-corrected chi connectivity index (χ2v) is 6.09. The number of aryl methyl sites for hydroxylation is 1. The normalized spacial score (nSPS) is 13.2. The van der Waals surface area contributed by atoms with E-state index in [2.05, 4.69) is 21.4 Å². The van der Waals surface area contributed by atoms with Gasteiger partial charge in [-0.15, -0.1) is 0 Å². The Labute approximate surface area is 150 Å². The Kier molecular flexibility index (Phi) is 4.31. The topological polar surface area (TPSA) is 58.1 Å². The number of hydrogen-bond donors (Lipinski definition) is 1. The van der Waals surface area contributed by atoms with Crippen LogP contribution in [0.1, 0.15) is 22.5 Å². The molecule has 1 amide bonds. The number of nitrogens with one attached hydrogen (secondary N) is 1. The molecule has 0 bridgehead atoms. The standard InChI is InChI=1S/C20H17FN4O/c21-15-7-9-16(10-8-15)23-19(26)17-11-12-22-20(24-17)25-13-3-5-14-4-1-2-6-18(14)25/h1-2,4,6-12H,3,5,13H2,(H,23,26). The largest absolute Gasteiger partial charge is 0.321 e. The fraction of sp³-hybridized carbons (Fsp3) is 0.150. The summed E-state index contributed by atoms with van der Waals surface area (Å²) in [7, 11) is 0. The van der Waals surface area contributed by atoms with Crippen LogP contribution in [-0.2, 0) is 6.42 Å². The Balaban J connectivity index is 1.59. The van der Waals surface area contributed by atoms with Crippen LogP contribution in [-0.4, -0.2) is 22.4 Å². The van der Waals surface area contributed by atoms with E-state index in [0.717, 1.165) is 25.1 Å². The first kappa shape index (κ1) is 16.2. The number of amides is 1. The lowest BCUT2D eigenvalue weighted by atomic mass is 10.0. The Morgan fingerprint density at radius 2 is 1.88 bits per heavy atom.